The number of carbonyl (C=O) groups excluding carboxylic acids is 1. The van der Waals surface area contributed by atoms with E-state index < -0.39 is 0 Å². The SMILES string of the molecule is Cc1nn(CCC(=O)NCCCOC(C)C)cc1Cl. The van der Waals surface area contributed by atoms with Crippen molar-refractivity contribution in [1.29, 1.82) is 0 Å². The largest absolute Gasteiger partial charge is 0.379 e. The molecule has 0 spiro atoms. The molecule has 0 aliphatic carbocycles. The predicted octanol–water partition coefficient (Wildman–Crippen LogP) is 2.17. The van der Waals surface area contributed by atoms with Crippen LogP contribution in [0.3, 0.4) is 0 Å². The van der Waals surface area contributed by atoms with Crippen LogP contribution in [0.5, 0.6) is 0 Å². The fourth-order valence-electron chi connectivity index (χ4n) is 1.53. The predicted molar refractivity (Wildman–Crippen MR) is 75.3 cm³/mol. The van der Waals surface area contributed by atoms with E-state index in [1.165, 1.54) is 0 Å². The number of rotatable bonds is 8. The van der Waals surface area contributed by atoms with Crippen molar-refractivity contribution in [1.82, 2.24) is 15.1 Å². The first-order valence-corrected chi connectivity index (χ1v) is 6.94. The Kier molecular flexibility index (Phi) is 6.87. The second-order valence-corrected chi connectivity index (χ2v) is 5.11. The number of nitrogens with one attached hydrogen (secondary N) is 1. The van der Waals surface area contributed by atoms with Gasteiger partial charge in [-0.25, -0.2) is 0 Å². The molecule has 1 aromatic rings. The molecule has 1 aromatic heterocycles. The van der Waals surface area contributed by atoms with Crippen LogP contribution >= 0.6 is 11.6 Å². The van der Waals surface area contributed by atoms with E-state index in [9.17, 15) is 4.79 Å². The monoisotopic (exact) mass is 287 g/mol. The molecule has 0 bridgehead atoms. The molecule has 6 heteroatoms. The molecule has 1 N–H and O–H groups in total. The molecule has 0 atom stereocenters. The molecule has 0 aliphatic heterocycles. The minimum atomic E-state index is 0.0221. The van der Waals surface area contributed by atoms with Crippen molar-refractivity contribution in [3.8, 4) is 0 Å². The van der Waals surface area contributed by atoms with Crippen molar-refractivity contribution in [2.75, 3.05) is 13.2 Å². The number of hydrogen-bond acceptors (Lipinski definition) is 3. The summed E-state index contributed by atoms with van der Waals surface area (Å²) in [5.41, 5.74) is 0.785. The number of aryl methyl sites for hydroxylation is 2. The Balaban J connectivity index is 2.11. The summed E-state index contributed by atoms with van der Waals surface area (Å²) in [5, 5.41) is 7.68. The Morgan fingerprint density at radius 1 is 1.58 bits per heavy atom. The van der Waals surface area contributed by atoms with E-state index >= 15 is 0 Å². The quantitative estimate of drug-likeness (QED) is 0.746. The molecule has 1 heterocycles. The third kappa shape index (κ3) is 6.59. The third-order valence-corrected chi connectivity index (χ3v) is 2.92. The highest BCUT2D eigenvalue weighted by atomic mass is 35.5. The van der Waals surface area contributed by atoms with E-state index in [0.29, 0.717) is 31.1 Å². The Bertz CT molecular complexity index is 385. The van der Waals surface area contributed by atoms with Crippen LogP contribution in [0.1, 0.15) is 32.4 Å². The smallest absolute Gasteiger partial charge is 0.221 e. The van der Waals surface area contributed by atoms with E-state index in [1.54, 1.807) is 10.9 Å². The second-order valence-electron chi connectivity index (χ2n) is 4.70. The van der Waals surface area contributed by atoms with Crippen molar-refractivity contribution in [3.05, 3.63) is 16.9 Å². The average molecular weight is 288 g/mol. The van der Waals surface area contributed by atoms with E-state index in [2.05, 4.69) is 10.4 Å². The van der Waals surface area contributed by atoms with E-state index in [4.69, 9.17) is 16.3 Å². The molecule has 1 rings (SSSR count). The molecule has 5 nitrogen and oxygen atoms in total. The zero-order valence-corrected chi connectivity index (χ0v) is 12.5. The van der Waals surface area contributed by atoms with Crippen LogP contribution in [0.4, 0.5) is 0 Å². The summed E-state index contributed by atoms with van der Waals surface area (Å²) in [4.78, 5) is 11.6. The van der Waals surface area contributed by atoms with Gasteiger partial charge in [0.05, 0.1) is 16.8 Å². The lowest BCUT2D eigenvalue weighted by molar-refractivity contribution is -0.121. The highest BCUT2D eigenvalue weighted by Crippen LogP contribution is 2.11. The summed E-state index contributed by atoms with van der Waals surface area (Å²) in [6.45, 7) is 7.69. The zero-order valence-electron chi connectivity index (χ0n) is 11.8. The van der Waals surface area contributed by atoms with E-state index in [1.807, 2.05) is 20.8 Å². The third-order valence-electron chi connectivity index (χ3n) is 2.55. The van der Waals surface area contributed by atoms with E-state index in [-0.39, 0.29) is 12.0 Å². The molecule has 0 aromatic carbocycles. The van der Waals surface area contributed by atoms with Crippen molar-refractivity contribution in [3.63, 3.8) is 0 Å². The van der Waals surface area contributed by atoms with Gasteiger partial charge in [0.15, 0.2) is 0 Å². The van der Waals surface area contributed by atoms with Crippen LogP contribution in [-0.4, -0.2) is 34.9 Å². The van der Waals surface area contributed by atoms with Gasteiger partial charge in [-0.3, -0.25) is 9.48 Å². The number of nitrogens with zero attached hydrogens (tertiary/aromatic N) is 2. The molecule has 108 valence electrons. The summed E-state index contributed by atoms with van der Waals surface area (Å²) in [7, 11) is 0. The lowest BCUT2D eigenvalue weighted by atomic mass is 10.3. The number of halogens is 1. The van der Waals surface area contributed by atoms with E-state index in [0.717, 1.165) is 12.1 Å². The average Bonchev–Trinajstić information content (AvgIpc) is 2.65. The fraction of sp³-hybridized carbons (Fsp3) is 0.692. The van der Waals surface area contributed by atoms with Gasteiger partial charge in [0.25, 0.3) is 0 Å². The minimum Gasteiger partial charge on any atom is -0.379 e. The van der Waals surface area contributed by atoms with Gasteiger partial charge in [0, 0.05) is 32.3 Å². The van der Waals surface area contributed by atoms with Gasteiger partial charge >= 0.3 is 0 Å². The summed E-state index contributed by atoms with van der Waals surface area (Å²) in [5.74, 6) is 0.0221. The Labute approximate surface area is 119 Å². The second kappa shape index (κ2) is 8.17. The van der Waals surface area contributed by atoms with Gasteiger partial charge < -0.3 is 10.1 Å². The molecular weight excluding hydrogens is 266 g/mol. The van der Waals surface area contributed by atoms with Crippen LogP contribution in [0.15, 0.2) is 6.20 Å². The van der Waals surface area contributed by atoms with Crippen LogP contribution in [0.2, 0.25) is 5.02 Å². The Hall–Kier alpha value is -1.07. The number of ether oxygens (including phenoxy) is 1. The van der Waals surface area contributed by atoms with Gasteiger partial charge in [-0.05, 0) is 27.2 Å². The topological polar surface area (TPSA) is 56.2 Å². The van der Waals surface area contributed by atoms with Gasteiger partial charge in [0.2, 0.25) is 5.91 Å². The maximum absolute atomic E-state index is 11.6. The maximum Gasteiger partial charge on any atom is 0.221 e. The summed E-state index contributed by atoms with van der Waals surface area (Å²) >= 11 is 5.89. The van der Waals surface area contributed by atoms with Crippen molar-refractivity contribution < 1.29 is 9.53 Å². The highest BCUT2D eigenvalue weighted by Gasteiger charge is 2.05. The summed E-state index contributed by atoms with van der Waals surface area (Å²) in [6.07, 6.45) is 3.21. The molecular formula is C13H22ClN3O2. The first-order chi connectivity index (χ1) is 8.99. The normalized spacial score (nSPS) is 11.0. The van der Waals surface area contributed by atoms with Crippen LogP contribution in [-0.2, 0) is 16.1 Å². The molecule has 1 amide bonds. The molecule has 0 fully saturated rings. The van der Waals surface area contributed by atoms with Crippen LogP contribution in [0.25, 0.3) is 0 Å². The number of carbonyl (C=O) groups is 1. The van der Waals surface area contributed by atoms with Gasteiger partial charge in [-0.2, -0.15) is 5.10 Å². The van der Waals surface area contributed by atoms with Crippen molar-refractivity contribution >= 4 is 17.5 Å². The summed E-state index contributed by atoms with van der Waals surface area (Å²) in [6, 6.07) is 0. The minimum absolute atomic E-state index is 0.0221. The molecule has 0 saturated carbocycles. The summed E-state index contributed by atoms with van der Waals surface area (Å²) < 4.78 is 7.08. The molecule has 0 radical (unpaired) electrons. The highest BCUT2D eigenvalue weighted by molar-refractivity contribution is 6.31. The first-order valence-electron chi connectivity index (χ1n) is 6.57. The van der Waals surface area contributed by atoms with Crippen LogP contribution < -0.4 is 5.32 Å². The number of hydrogen-bond donors (Lipinski definition) is 1. The molecule has 0 unspecified atom stereocenters. The Morgan fingerprint density at radius 3 is 2.89 bits per heavy atom. The molecule has 0 aliphatic rings. The lowest BCUT2D eigenvalue weighted by Crippen LogP contribution is -2.26. The van der Waals surface area contributed by atoms with Gasteiger partial charge in [0.1, 0.15) is 0 Å². The first kappa shape index (κ1) is 16.0. The molecule has 19 heavy (non-hydrogen) atoms. The zero-order chi connectivity index (χ0) is 14.3. The Morgan fingerprint density at radius 2 is 2.32 bits per heavy atom. The fourth-order valence-corrected chi connectivity index (χ4v) is 1.68. The number of aromatic nitrogens is 2. The van der Waals surface area contributed by atoms with Gasteiger partial charge in [-0.15, -0.1) is 0 Å². The lowest BCUT2D eigenvalue weighted by Gasteiger charge is -2.08. The van der Waals surface area contributed by atoms with Crippen molar-refractivity contribution in [2.24, 2.45) is 0 Å². The van der Waals surface area contributed by atoms with Crippen LogP contribution in [0, 0.1) is 6.92 Å². The van der Waals surface area contributed by atoms with Gasteiger partial charge in [-0.1, -0.05) is 11.6 Å². The maximum atomic E-state index is 11.6. The van der Waals surface area contributed by atoms with Crippen molar-refractivity contribution in [2.45, 2.75) is 46.3 Å². The molecule has 0 saturated heterocycles. The standard InChI is InChI=1S/C13H22ClN3O2/c1-10(2)19-8-4-6-15-13(18)5-7-17-9-12(14)11(3)16-17/h9-10H,4-8H2,1-3H3,(H,15,18). The number of amides is 1.